The van der Waals surface area contributed by atoms with Crippen LogP contribution >= 0.6 is 11.6 Å². The highest BCUT2D eigenvalue weighted by molar-refractivity contribution is 6.32. The highest BCUT2D eigenvalue weighted by Gasteiger charge is 2.29. The number of nitrogens with two attached hydrogens (primary N) is 1. The number of benzene rings is 1. The Bertz CT molecular complexity index is 1090. The van der Waals surface area contributed by atoms with E-state index in [0.29, 0.717) is 35.3 Å². The number of rotatable bonds is 4. The molecule has 0 saturated heterocycles. The van der Waals surface area contributed by atoms with Crippen molar-refractivity contribution >= 4 is 17.5 Å². The topological polar surface area (TPSA) is 95.9 Å². The molecule has 1 aliphatic rings. The number of amides is 1. The lowest BCUT2D eigenvalue weighted by atomic mass is 10.0. The number of aryl methyl sites for hydroxylation is 2. The summed E-state index contributed by atoms with van der Waals surface area (Å²) in [6.07, 6.45) is 0.543. The van der Waals surface area contributed by atoms with Crippen LogP contribution < -0.4 is 10.5 Å². The van der Waals surface area contributed by atoms with E-state index >= 15 is 0 Å². The van der Waals surface area contributed by atoms with Crippen LogP contribution in [0.3, 0.4) is 0 Å². The number of methoxy groups -OCH3 is 1. The minimum Gasteiger partial charge on any atom is -0.496 e. The first-order valence-electron chi connectivity index (χ1n) is 8.55. The number of nitrogens with zero attached hydrogens (tertiary/aromatic N) is 4. The molecular formula is C19H18ClN5O2. The third kappa shape index (κ3) is 2.75. The molecule has 0 bridgehead atoms. The van der Waals surface area contributed by atoms with E-state index in [-0.39, 0.29) is 0 Å². The number of primary amides is 1. The number of hydrogen-bond donors (Lipinski definition) is 1. The van der Waals surface area contributed by atoms with Crippen LogP contribution in [-0.2, 0) is 13.0 Å². The average molecular weight is 384 g/mol. The van der Waals surface area contributed by atoms with E-state index < -0.39 is 5.91 Å². The Morgan fingerprint density at radius 1 is 1.33 bits per heavy atom. The Morgan fingerprint density at radius 3 is 2.78 bits per heavy atom. The zero-order valence-electron chi connectivity index (χ0n) is 15.2. The third-order valence-electron chi connectivity index (χ3n) is 4.70. The number of hydrogen-bond acceptors (Lipinski definition) is 5. The molecule has 1 amide bonds. The number of halogens is 1. The van der Waals surface area contributed by atoms with Crippen molar-refractivity contribution in [3.63, 3.8) is 0 Å². The van der Waals surface area contributed by atoms with Crippen LogP contribution in [0.15, 0.2) is 18.2 Å². The fourth-order valence-electron chi connectivity index (χ4n) is 3.49. The molecule has 138 valence electrons. The predicted molar refractivity (Wildman–Crippen MR) is 102 cm³/mol. The molecule has 7 nitrogen and oxygen atoms in total. The Kier molecular flexibility index (Phi) is 4.11. The van der Waals surface area contributed by atoms with Crippen LogP contribution in [-0.4, -0.2) is 32.8 Å². The second kappa shape index (κ2) is 6.35. The first kappa shape index (κ1) is 17.5. The van der Waals surface area contributed by atoms with Crippen molar-refractivity contribution in [3.05, 3.63) is 45.9 Å². The van der Waals surface area contributed by atoms with Crippen molar-refractivity contribution in [1.82, 2.24) is 19.7 Å². The van der Waals surface area contributed by atoms with Gasteiger partial charge in [0.2, 0.25) is 5.91 Å². The zero-order valence-corrected chi connectivity index (χ0v) is 16.0. The van der Waals surface area contributed by atoms with E-state index in [0.717, 1.165) is 33.8 Å². The molecule has 0 fully saturated rings. The van der Waals surface area contributed by atoms with Gasteiger partial charge in [-0.25, -0.2) is 9.97 Å². The van der Waals surface area contributed by atoms with E-state index in [2.05, 4.69) is 10.1 Å². The summed E-state index contributed by atoms with van der Waals surface area (Å²) in [5, 5.41) is 4.78. The molecule has 0 saturated carbocycles. The summed E-state index contributed by atoms with van der Waals surface area (Å²) in [5.74, 6) is 0.593. The smallest absolute Gasteiger partial charge is 0.248 e. The largest absolute Gasteiger partial charge is 0.496 e. The first-order chi connectivity index (χ1) is 12.9. The van der Waals surface area contributed by atoms with Gasteiger partial charge < -0.3 is 10.5 Å². The van der Waals surface area contributed by atoms with Gasteiger partial charge in [0.15, 0.2) is 5.82 Å². The fourth-order valence-corrected chi connectivity index (χ4v) is 3.79. The van der Waals surface area contributed by atoms with Gasteiger partial charge >= 0.3 is 0 Å². The second-order valence-electron chi connectivity index (χ2n) is 6.39. The zero-order chi connectivity index (χ0) is 19.3. The Morgan fingerprint density at radius 2 is 2.11 bits per heavy atom. The molecule has 4 rings (SSSR count). The molecule has 0 unspecified atom stereocenters. The summed E-state index contributed by atoms with van der Waals surface area (Å²) in [7, 11) is 1.56. The molecule has 0 atom stereocenters. The van der Waals surface area contributed by atoms with Gasteiger partial charge in [-0.05, 0) is 37.6 Å². The summed E-state index contributed by atoms with van der Waals surface area (Å²) in [6, 6.07) is 5.31. The molecule has 2 N–H and O–H groups in total. The van der Waals surface area contributed by atoms with Gasteiger partial charge in [-0.15, -0.1) is 0 Å². The van der Waals surface area contributed by atoms with Crippen LogP contribution in [0.2, 0.25) is 5.15 Å². The van der Waals surface area contributed by atoms with Gasteiger partial charge in [0.25, 0.3) is 0 Å². The molecular weight excluding hydrogens is 366 g/mol. The van der Waals surface area contributed by atoms with Gasteiger partial charge in [-0.1, -0.05) is 11.6 Å². The minimum atomic E-state index is -0.527. The van der Waals surface area contributed by atoms with E-state index in [1.54, 1.807) is 19.2 Å². The van der Waals surface area contributed by atoms with Crippen molar-refractivity contribution in [2.24, 2.45) is 5.73 Å². The number of carbonyl (C=O) groups is 1. The van der Waals surface area contributed by atoms with Crippen molar-refractivity contribution in [2.45, 2.75) is 26.8 Å². The first-order valence-corrected chi connectivity index (χ1v) is 8.93. The van der Waals surface area contributed by atoms with Crippen LogP contribution in [0.1, 0.15) is 34.2 Å². The maximum Gasteiger partial charge on any atom is 0.248 e. The summed E-state index contributed by atoms with van der Waals surface area (Å²) in [6.45, 7) is 4.64. The van der Waals surface area contributed by atoms with Crippen molar-refractivity contribution in [3.8, 4) is 28.4 Å². The van der Waals surface area contributed by atoms with E-state index in [1.165, 1.54) is 0 Å². The van der Waals surface area contributed by atoms with Crippen LogP contribution in [0.4, 0.5) is 0 Å². The highest BCUT2D eigenvalue weighted by Crippen LogP contribution is 2.44. The van der Waals surface area contributed by atoms with Crippen molar-refractivity contribution in [1.29, 1.82) is 0 Å². The quantitative estimate of drug-likeness (QED) is 0.546. The van der Waals surface area contributed by atoms with Gasteiger partial charge in [-0.2, -0.15) is 5.10 Å². The monoisotopic (exact) mass is 383 g/mol. The minimum absolute atomic E-state index is 0.332. The van der Waals surface area contributed by atoms with Crippen LogP contribution in [0, 0.1) is 6.92 Å². The third-order valence-corrected chi connectivity index (χ3v) is 4.97. The van der Waals surface area contributed by atoms with Crippen LogP contribution in [0.25, 0.3) is 22.6 Å². The fraction of sp³-hybridized carbons (Fsp3) is 0.263. The van der Waals surface area contributed by atoms with Crippen LogP contribution in [0.5, 0.6) is 5.75 Å². The number of ether oxygens (including phenoxy) is 1. The predicted octanol–water partition coefficient (Wildman–Crippen LogP) is 3.00. The molecule has 8 heteroatoms. The van der Waals surface area contributed by atoms with Gasteiger partial charge in [0, 0.05) is 29.7 Å². The molecule has 1 aromatic carbocycles. The van der Waals surface area contributed by atoms with Gasteiger partial charge in [-0.3, -0.25) is 9.48 Å². The molecule has 2 heterocycles. The van der Waals surface area contributed by atoms with E-state index in [9.17, 15) is 4.79 Å². The lowest BCUT2D eigenvalue weighted by molar-refractivity contribution is 0.1000. The van der Waals surface area contributed by atoms with E-state index in [1.807, 2.05) is 24.6 Å². The van der Waals surface area contributed by atoms with E-state index in [4.69, 9.17) is 27.1 Å². The molecule has 0 radical (unpaired) electrons. The standard InChI is InChI=1S/C19H18ClN5O2/c1-4-25-14(5-9(2)24-25)19-22-13-8-11-12(16(13)17(20)23-19)6-10(18(21)26)7-15(11)27-3/h5-7H,4,8H2,1-3H3,(H2,21,26). The normalized spacial score (nSPS) is 12.0. The molecule has 1 aliphatic carbocycles. The Balaban J connectivity index is 1.90. The second-order valence-corrected chi connectivity index (χ2v) is 6.75. The summed E-state index contributed by atoms with van der Waals surface area (Å²) >= 11 is 6.54. The number of carbonyl (C=O) groups excluding carboxylic acids is 1. The van der Waals surface area contributed by atoms with Gasteiger partial charge in [0.1, 0.15) is 16.6 Å². The summed E-state index contributed by atoms with van der Waals surface area (Å²) in [4.78, 5) is 20.9. The molecule has 27 heavy (non-hydrogen) atoms. The molecule has 2 aromatic heterocycles. The van der Waals surface area contributed by atoms with Crippen molar-refractivity contribution < 1.29 is 9.53 Å². The Labute approximate surface area is 161 Å². The lowest BCUT2D eigenvalue weighted by Crippen LogP contribution is -2.11. The molecule has 0 spiro atoms. The molecule has 3 aromatic rings. The SMILES string of the molecule is CCn1nc(C)cc1-c1nc(Cl)c2c(n1)Cc1c(OC)cc(C(N)=O)cc1-2. The molecule has 0 aliphatic heterocycles. The number of aromatic nitrogens is 4. The highest BCUT2D eigenvalue weighted by atomic mass is 35.5. The maximum absolute atomic E-state index is 11.7. The summed E-state index contributed by atoms with van der Waals surface area (Å²) in [5.41, 5.74) is 10.7. The summed E-state index contributed by atoms with van der Waals surface area (Å²) < 4.78 is 7.31. The average Bonchev–Trinajstić information content (AvgIpc) is 3.20. The van der Waals surface area contributed by atoms with Gasteiger partial charge in [0.05, 0.1) is 18.5 Å². The van der Waals surface area contributed by atoms with Crippen molar-refractivity contribution in [2.75, 3.05) is 7.11 Å². The maximum atomic E-state index is 11.7. The Hall–Kier alpha value is -2.93. The number of fused-ring (bicyclic) bond motifs is 3. The lowest BCUT2D eigenvalue weighted by Gasteiger charge is -2.10.